The lowest BCUT2D eigenvalue weighted by Gasteiger charge is -2.35. The van der Waals surface area contributed by atoms with Crippen LogP contribution in [0.25, 0.3) is 0 Å². The molecule has 4 heteroatoms. The standard InChI is InChI=1S/C19H23FN2O/c1-23-19-8-3-2-6-17(19)15-22-11-9-21(10-12-22)14-16-5-4-7-18(20)13-16/h2-8,13H,9-12,14-15H2,1H3. The van der Waals surface area contributed by atoms with Crippen molar-refractivity contribution in [2.75, 3.05) is 33.3 Å². The summed E-state index contributed by atoms with van der Waals surface area (Å²) in [5.41, 5.74) is 2.27. The number of benzene rings is 2. The molecule has 0 unspecified atom stereocenters. The lowest BCUT2D eigenvalue weighted by Crippen LogP contribution is -2.45. The van der Waals surface area contributed by atoms with E-state index in [1.807, 2.05) is 18.2 Å². The Labute approximate surface area is 137 Å². The molecule has 0 bridgehead atoms. The molecule has 0 atom stereocenters. The molecule has 23 heavy (non-hydrogen) atoms. The summed E-state index contributed by atoms with van der Waals surface area (Å²) >= 11 is 0. The van der Waals surface area contributed by atoms with E-state index in [1.165, 1.54) is 11.6 Å². The summed E-state index contributed by atoms with van der Waals surface area (Å²) in [4.78, 5) is 4.83. The highest BCUT2D eigenvalue weighted by Gasteiger charge is 2.18. The van der Waals surface area contributed by atoms with Crippen LogP contribution in [0.15, 0.2) is 48.5 Å². The Morgan fingerprint density at radius 1 is 0.913 bits per heavy atom. The van der Waals surface area contributed by atoms with E-state index in [1.54, 1.807) is 19.2 Å². The first-order chi connectivity index (χ1) is 11.2. The number of hydrogen-bond donors (Lipinski definition) is 0. The maximum atomic E-state index is 13.3. The van der Waals surface area contributed by atoms with Crippen LogP contribution in [0, 0.1) is 5.82 Å². The van der Waals surface area contributed by atoms with Crippen LogP contribution in [-0.2, 0) is 13.1 Å². The zero-order valence-corrected chi connectivity index (χ0v) is 13.5. The fourth-order valence-corrected chi connectivity index (χ4v) is 3.07. The summed E-state index contributed by atoms with van der Waals surface area (Å²) < 4.78 is 18.7. The summed E-state index contributed by atoms with van der Waals surface area (Å²) in [7, 11) is 1.72. The van der Waals surface area contributed by atoms with E-state index in [-0.39, 0.29) is 5.82 Å². The van der Waals surface area contributed by atoms with E-state index in [9.17, 15) is 4.39 Å². The third kappa shape index (κ3) is 4.30. The van der Waals surface area contributed by atoms with Crippen LogP contribution < -0.4 is 4.74 Å². The van der Waals surface area contributed by atoms with Crippen molar-refractivity contribution in [2.45, 2.75) is 13.1 Å². The minimum absolute atomic E-state index is 0.155. The van der Waals surface area contributed by atoms with Crippen molar-refractivity contribution in [3.8, 4) is 5.75 Å². The second-order valence-corrected chi connectivity index (χ2v) is 5.99. The van der Waals surface area contributed by atoms with Gasteiger partial charge in [0, 0.05) is 44.8 Å². The zero-order valence-electron chi connectivity index (χ0n) is 13.5. The van der Waals surface area contributed by atoms with Gasteiger partial charge < -0.3 is 4.74 Å². The van der Waals surface area contributed by atoms with Gasteiger partial charge in [-0.1, -0.05) is 30.3 Å². The number of methoxy groups -OCH3 is 1. The lowest BCUT2D eigenvalue weighted by atomic mass is 10.1. The maximum absolute atomic E-state index is 13.3. The number of ether oxygens (including phenoxy) is 1. The number of nitrogens with zero attached hydrogens (tertiary/aromatic N) is 2. The van der Waals surface area contributed by atoms with Crippen molar-refractivity contribution in [3.63, 3.8) is 0 Å². The number of rotatable bonds is 5. The average Bonchev–Trinajstić information content (AvgIpc) is 2.57. The Morgan fingerprint density at radius 2 is 1.61 bits per heavy atom. The Hall–Kier alpha value is -1.91. The molecule has 1 heterocycles. The molecule has 122 valence electrons. The molecule has 2 aromatic rings. The first-order valence-electron chi connectivity index (χ1n) is 8.05. The Kier molecular flexibility index (Phi) is 5.26. The molecule has 0 amide bonds. The predicted octanol–water partition coefficient (Wildman–Crippen LogP) is 3.15. The van der Waals surface area contributed by atoms with Crippen molar-refractivity contribution in [1.82, 2.24) is 9.80 Å². The first-order valence-corrected chi connectivity index (χ1v) is 8.05. The number of hydrogen-bond acceptors (Lipinski definition) is 3. The van der Waals surface area contributed by atoms with E-state index < -0.39 is 0 Å². The summed E-state index contributed by atoms with van der Waals surface area (Å²) in [6, 6.07) is 15.1. The summed E-state index contributed by atoms with van der Waals surface area (Å²) in [5, 5.41) is 0. The Balaban J connectivity index is 1.52. The molecule has 0 radical (unpaired) electrons. The number of para-hydroxylation sites is 1. The van der Waals surface area contributed by atoms with E-state index in [2.05, 4.69) is 21.9 Å². The maximum Gasteiger partial charge on any atom is 0.123 e. The fourth-order valence-electron chi connectivity index (χ4n) is 3.07. The quantitative estimate of drug-likeness (QED) is 0.843. The second-order valence-electron chi connectivity index (χ2n) is 5.99. The highest BCUT2D eigenvalue weighted by Crippen LogP contribution is 2.20. The molecule has 0 spiro atoms. The highest BCUT2D eigenvalue weighted by atomic mass is 19.1. The van der Waals surface area contributed by atoms with Gasteiger partial charge in [0.25, 0.3) is 0 Å². The molecule has 1 aliphatic heterocycles. The second kappa shape index (κ2) is 7.57. The van der Waals surface area contributed by atoms with Crippen LogP contribution >= 0.6 is 0 Å². The van der Waals surface area contributed by atoms with Gasteiger partial charge in [0.15, 0.2) is 0 Å². The van der Waals surface area contributed by atoms with Crippen LogP contribution in [0.4, 0.5) is 4.39 Å². The number of halogens is 1. The first kappa shape index (κ1) is 16.0. The van der Waals surface area contributed by atoms with Gasteiger partial charge in [-0.3, -0.25) is 9.80 Å². The molecule has 0 saturated carbocycles. The molecule has 1 saturated heterocycles. The van der Waals surface area contributed by atoms with E-state index in [4.69, 9.17) is 4.74 Å². The molecule has 2 aromatic carbocycles. The van der Waals surface area contributed by atoms with Gasteiger partial charge in [-0.2, -0.15) is 0 Å². The van der Waals surface area contributed by atoms with Gasteiger partial charge in [-0.05, 0) is 23.8 Å². The molecule has 0 aliphatic carbocycles. The minimum Gasteiger partial charge on any atom is -0.496 e. The smallest absolute Gasteiger partial charge is 0.123 e. The Bertz CT molecular complexity index is 639. The van der Waals surface area contributed by atoms with E-state index in [0.717, 1.165) is 50.6 Å². The molecule has 0 aromatic heterocycles. The van der Waals surface area contributed by atoms with Gasteiger partial charge in [-0.25, -0.2) is 4.39 Å². The van der Waals surface area contributed by atoms with Gasteiger partial charge in [0.05, 0.1) is 7.11 Å². The molecule has 1 fully saturated rings. The molecular formula is C19H23FN2O. The summed E-state index contributed by atoms with van der Waals surface area (Å²) in [6.07, 6.45) is 0. The summed E-state index contributed by atoms with van der Waals surface area (Å²) in [5.74, 6) is 0.798. The van der Waals surface area contributed by atoms with Crippen molar-refractivity contribution >= 4 is 0 Å². The van der Waals surface area contributed by atoms with E-state index >= 15 is 0 Å². The largest absolute Gasteiger partial charge is 0.496 e. The lowest BCUT2D eigenvalue weighted by molar-refractivity contribution is 0.121. The average molecular weight is 314 g/mol. The van der Waals surface area contributed by atoms with E-state index in [0.29, 0.717) is 0 Å². The Morgan fingerprint density at radius 3 is 2.30 bits per heavy atom. The molecule has 1 aliphatic rings. The number of piperazine rings is 1. The normalized spacial score (nSPS) is 16.4. The van der Waals surface area contributed by atoms with Gasteiger partial charge in [0.2, 0.25) is 0 Å². The molecule has 3 rings (SSSR count). The van der Waals surface area contributed by atoms with Crippen LogP contribution in [0.2, 0.25) is 0 Å². The molecule has 3 nitrogen and oxygen atoms in total. The van der Waals surface area contributed by atoms with Crippen molar-refractivity contribution in [1.29, 1.82) is 0 Å². The highest BCUT2D eigenvalue weighted by molar-refractivity contribution is 5.33. The van der Waals surface area contributed by atoms with Crippen molar-refractivity contribution < 1.29 is 9.13 Å². The SMILES string of the molecule is COc1ccccc1CN1CCN(Cc2cccc(F)c2)CC1. The minimum atomic E-state index is -0.155. The van der Waals surface area contributed by atoms with Gasteiger partial charge in [0.1, 0.15) is 11.6 Å². The molecular weight excluding hydrogens is 291 g/mol. The van der Waals surface area contributed by atoms with Crippen LogP contribution in [0.3, 0.4) is 0 Å². The van der Waals surface area contributed by atoms with Crippen LogP contribution in [-0.4, -0.2) is 43.1 Å². The molecule has 0 N–H and O–H groups in total. The topological polar surface area (TPSA) is 15.7 Å². The fraction of sp³-hybridized carbons (Fsp3) is 0.368. The third-order valence-electron chi connectivity index (χ3n) is 4.35. The van der Waals surface area contributed by atoms with Crippen LogP contribution in [0.1, 0.15) is 11.1 Å². The predicted molar refractivity (Wildman–Crippen MR) is 89.9 cm³/mol. The third-order valence-corrected chi connectivity index (χ3v) is 4.35. The van der Waals surface area contributed by atoms with Crippen LogP contribution in [0.5, 0.6) is 5.75 Å². The monoisotopic (exact) mass is 314 g/mol. The summed E-state index contributed by atoms with van der Waals surface area (Å²) in [6.45, 7) is 5.79. The van der Waals surface area contributed by atoms with Crippen molar-refractivity contribution in [3.05, 3.63) is 65.5 Å². The van der Waals surface area contributed by atoms with Crippen molar-refractivity contribution in [2.24, 2.45) is 0 Å². The van der Waals surface area contributed by atoms with Gasteiger partial charge >= 0.3 is 0 Å². The zero-order chi connectivity index (χ0) is 16.1. The van der Waals surface area contributed by atoms with Gasteiger partial charge in [-0.15, -0.1) is 0 Å².